The third-order valence-electron chi connectivity index (χ3n) is 3.30. The fraction of sp³-hybridized carbons (Fsp3) is 0.235. The van der Waals surface area contributed by atoms with Crippen LogP contribution in [0.15, 0.2) is 60.7 Å². The molecule has 0 fully saturated rings. The van der Waals surface area contributed by atoms with Crippen molar-refractivity contribution in [2.75, 3.05) is 13.2 Å². The van der Waals surface area contributed by atoms with Crippen LogP contribution in [-0.2, 0) is 15.1 Å². The molecule has 0 aliphatic heterocycles. The van der Waals surface area contributed by atoms with Gasteiger partial charge in [0.1, 0.15) is 12.7 Å². The Kier molecular flexibility index (Phi) is 5.27. The Labute approximate surface area is 128 Å². The van der Waals surface area contributed by atoms with Gasteiger partial charge in [0.2, 0.25) is 5.60 Å². The minimum atomic E-state index is -1.97. The highest BCUT2D eigenvalue weighted by Crippen LogP contribution is 2.31. The second kappa shape index (κ2) is 7.17. The molecule has 5 heteroatoms. The molecule has 1 atom stereocenters. The molecule has 116 valence electrons. The normalized spacial score (nSPS) is 12.7. The van der Waals surface area contributed by atoms with Crippen molar-refractivity contribution in [3.05, 3.63) is 71.8 Å². The summed E-state index contributed by atoms with van der Waals surface area (Å²) >= 11 is 0. The van der Waals surface area contributed by atoms with Crippen LogP contribution in [0.1, 0.15) is 11.1 Å². The summed E-state index contributed by atoms with van der Waals surface area (Å²) in [5.74, 6) is -0.905. The summed E-state index contributed by atoms with van der Waals surface area (Å²) in [6, 6.07) is 16.9. The van der Waals surface area contributed by atoms with Gasteiger partial charge >= 0.3 is 5.97 Å². The average molecular weight is 302 g/mol. The van der Waals surface area contributed by atoms with E-state index in [1.165, 1.54) is 0 Å². The molecule has 2 aromatic carbocycles. The zero-order valence-corrected chi connectivity index (χ0v) is 11.9. The van der Waals surface area contributed by atoms with Gasteiger partial charge in [0, 0.05) is 0 Å². The third-order valence-corrected chi connectivity index (χ3v) is 3.30. The molecule has 3 N–H and O–H groups in total. The van der Waals surface area contributed by atoms with Crippen LogP contribution >= 0.6 is 0 Å². The molecular weight excluding hydrogens is 284 g/mol. The van der Waals surface area contributed by atoms with E-state index in [0.717, 1.165) is 0 Å². The van der Waals surface area contributed by atoms with Crippen LogP contribution in [0.25, 0.3) is 0 Å². The van der Waals surface area contributed by atoms with Gasteiger partial charge in [-0.2, -0.15) is 0 Å². The number of carbonyl (C=O) groups excluding carboxylic acids is 1. The Bertz CT molecular complexity index is 557. The largest absolute Gasteiger partial charge is 0.460 e. The van der Waals surface area contributed by atoms with E-state index in [9.17, 15) is 15.0 Å². The molecule has 0 aliphatic rings. The molecule has 0 bridgehead atoms. The highest BCUT2D eigenvalue weighted by molar-refractivity contribution is 5.85. The fourth-order valence-corrected chi connectivity index (χ4v) is 2.09. The maximum atomic E-state index is 12.4. The number of ether oxygens (including phenoxy) is 1. The molecule has 2 rings (SSSR count). The monoisotopic (exact) mass is 302 g/mol. The van der Waals surface area contributed by atoms with Crippen LogP contribution in [0.5, 0.6) is 0 Å². The van der Waals surface area contributed by atoms with Crippen molar-refractivity contribution in [2.24, 2.45) is 0 Å². The van der Waals surface area contributed by atoms with Crippen molar-refractivity contribution in [1.82, 2.24) is 0 Å². The minimum absolute atomic E-state index is 0.365. The molecule has 0 aliphatic carbocycles. The number of aliphatic hydroxyl groups excluding tert-OH is 2. The third kappa shape index (κ3) is 3.33. The van der Waals surface area contributed by atoms with E-state index in [-0.39, 0.29) is 0 Å². The first-order chi connectivity index (χ1) is 10.6. The van der Waals surface area contributed by atoms with E-state index in [1.807, 2.05) is 0 Å². The van der Waals surface area contributed by atoms with E-state index in [2.05, 4.69) is 0 Å². The zero-order chi connectivity index (χ0) is 16.0. The van der Waals surface area contributed by atoms with Gasteiger partial charge in [-0.15, -0.1) is 0 Å². The summed E-state index contributed by atoms with van der Waals surface area (Å²) in [4.78, 5) is 12.4. The van der Waals surface area contributed by atoms with Gasteiger partial charge in [0.05, 0.1) is 6.61 Å². The first kappa shape index (κ1) is 16.2. The number of benzene rings is 2. The Morgan fingerprint density at radius 1 is 1.00 bits per heavy atom. The lowest BCUT2D eigenvalue weighted by molar-refractivity contribution is -0.165. The minimum Gasteiger partial charge on any atom is -0.460 e. The summed E-state index contributed by atoms with van der Waals surface area (Å²) in [6.45, 7) is -0.917. The molecule has 0 saturated heterocycles. The number of esters is 1. The molecule has 0 heterocycles. The molecule has 0 amide bonds. The first-order valence-electron chi connectivity index (χ1n) is 6.88. The molecule has 5 nitrogen and oxygen atoms in total. The number of carbonyl (C=O) groups is 1. The topological polar surface area (TPSA) is 87.0 Å². The van der Waals surface area contributed by atoms with Crippen molar-refractivity contribution < 1.29 is 24.9 Å². The van der Waals surface area contributed by atoms with E-state index < -0.39 is 30.9 Å². The fourth-order valence-electron chi connectivity index (χ4n) is 2.09. The smallest absolute Gasteiger partial charge is 0.347 e. The molecular formula is C17H18O5. The molecule has 2 aromatic rings. The van der Waals surface area contributed by atoms with Crippen LogP contribution in [-0.4, -0.2) is 40.6 Å². The van der Waals surface area contributed by atoms with Crippen LogP contribution in [0.4, 0.5) is 0 Å². The van der Waals surface area contributed by atoms with Gasteiger partial charge in [0.15, 0.2) is 0 Å². The van der Waals surface area contributed by atoms with Crippen molar-refractivity contribution in [3.63, 3.8) is 0 Å². The lowest BCUT2D eigenvalue weighted by atomic mass is 9.86. The second-order valence-corrected chi connectivity index (χ2v) is 4.88. The summed E-state index contributed by atoms with van der Waals surface area (Å²) in [7, 11) is 0. The maximum absolute atomic E-state index is 12.4. The van der Waals surface area contributed by atoms with Crippen molar-refractivity contribution in [3.8, 4) is 0 Å². The van der Waals surface area contributed by atoms with Gasteiger partial charge in [-0.1, -0.05) is 60.7 Å². The SMILES string of the molecule is O=C(OCC(O)CO)C(O)(c1ccccc1)c1ccccc1. The first-order valence-corrected chi connectivity index (χ1v) is 6.88. The lowest BCUT2D eigenvalue weighted by Crippen LogP contribution is -2.40. The Balaban J connectivity index is 2.36. The molecule has 1 unspecified atom stereocenters. The number of rotatable bonds is 6. The second-order valence-electron chi connectivity index (χ2n) is 4.88. The quantitative estimate of drug-likeness (QED) is 0.688. The molecule has 0 saturated carbocycles. The van der Waals surface area contributed by atoms with Gasteiger partial charge < -0.3 is 20.1 Å². The summed E-state index contributed by atoms with van der Waals surface area (Å²) in [5, 5.41) is 29.1. The maximum Gasteiger partial charge on any atom is 0.347 e. The van der Waals surface area contributed by atoms with Gasteiger partial charge in [-0.3, -0.25) is 0 Å². The van der Waals surface area contributed by atoms with Crippen LogP contribution < -0.4 is 0 Å². The van der Waals surface area contributed by atoms with Crippen LogP contribution in [0.3, 0.4) is 0 Å². The lowest BCUT2D eigenvalue weighted by Gasteiger charge is -2.27. The van der Waals surface area contributed by atoms with E-state index in [4.69, 9.17) is 9.84 Å². The van der Waals surface area contributed by atoms with E-state index in [1.54, 1.807) is 60.7 Å². The summed E-state index contributed by atoms with van der Waals surface area (Å²) in [6.07, 6.45) is -1.18. The van der Waals surface area contributed by atoms with E-state index in [0.29, 0.717) is 11.1 Å². The van der Waals surface area contributed by atoms with Gasteiger partial charge in [0.25, 0.3) is 0 Å². The van der Waals surface area contributed by atoms with Crippen molar-refractivity contribution >= 4 is 5.97 Å². The van der Waals surface area contributed by atoms with Crippen molar-refractivity contribution in [2.45, 2.75) is 11.7 Å². The number of hydrogen-bond acceptors (Lipinski definition) is 5. The van der Waals surface area contributed by atoms with Gasteiger partial charge in [-0.25, -0.2) is 4.79 Å². The Morgan fingerprint density at radius 3 is 1.86 bits per heavy atom. The molecule has 0 radical (unpaired) electrons. The highest BCUT2D eigenvalue weighted by Gasteiger charge is 2.41. The molecule has 0 spiro atoms. The predicted molar refractivity (Wildman–Crippen MR) is 79.9 cm³/mol. The number of aliphatic hydroxyl groups is 3. The van der Waals surface area contributed by atoms with E-state index >= 15 is 0 Å². The van der Waals surface area contributed by atoms with Crippen LogP contribution in [0.2, 0.25) is 0 Å². The Morgan fingerprint density at radius 2 is 1.45 bits per heavy atom. The predicted octanol–water partition coefficient (Wildman–Crippen LogP) is 0.819. The van der Waals surface area contributed by atoms with Crippen LogP contribution in [0, 0.1) is 0 Å². The standard InChI is InChI=1S/C17H18O5/c18-11-15(19)12-22-16(20)17(21,13-7-3-1-4-8-13)14-9-5-2-6-10-14/h1-10,15,18-19,21H,11-12H2. The summed E-state index contributed by atoms with van der Waals surface area (Å²) < 4.78 is 4.97. The van der Waals surface area contributed by atoms with Crippen molar-refractivity contribution in [1.29, 1.82) is 0 Å². The van der Waals surface area contributed by atoms with Gasteiger partial charge in [-0.05, 0) is 11.1 Å². The highest BCUT2D eigenvalue weighted by atomic mass is 16.6. The Hall–Kier alpha value is -2.21. The molecule has 22 heavy (non-hydrogen) atoms. The molecule has 0 aromatic heterocycles. The average Bonchev–Trinajstić information content (AvgIpc) is 2.60. The number of hydrogen-bond donors (Lipinski definition) is 3. The zero-order valence-electron chi connectivity index (χ0n) is 11.9. The summed E-state index contributed by atoms with van der Waals surface area (Å²) in [5.41, 5.74) is -1.24.